The zero-order valence-corrected chi connectivity index (χ0v) is 18.1. The van der Waals surface area contributed by atoms with Gasteiger partial charge in [0.05, 0.1) is 5.56 Å². The molecule has 4 rings (SSSR count). The van der Waals surface area contributed by atoms with Gasteiger partial charge in [-0.15, -0.1) is 0 Å². The first-order valence-electron chi connectivity index (χ1n) is 10.5. The summed E-state index contributed by atoms with van der Waals surface area (Å²) in [5.41, 5.74) is 0.340. The molecule has 0 bridgehead atoms. The predicted octanol–water partition coefficient (Wildman–Crippen LogP) is 5.32. The lowest BCUT2D eigenvalue weighted by Gasteiger charge is -2.35. The van der Waals surface area contributed by atoms with Crippen molar-refractivity contribution in [2.75, 3.05) is 24.5 Å². The molecule has 174 valence electrons. The number of nitrogens with one attached hydrogen (secondary N) is 1. The summed E-state index contributed by atoms with van der Waals surface area (Å²) in [6.45, 7) is 6.93. The number of piperazine rings is 1. The summed E-state index contributed by atoms with van der Waals surface area (Å²) in [6, 6.07) is 13.6. The number of carbonyl (C=O) groups is 1. The zero-order valence-electron chi connectivity index (χ0n) is 18.1. The van der Waals surface area contributed by atoms with Gasteiger partial charge in [-0.1, -0.05) is 43.0 Å². The maximum Gasteiger partial charge on any atom is 0.418 e. The van der Waals surface area contributed by atoms with Gasteiger partial charge in [0.2, 0.25) is 5.78 Å². The molecule has 1 aliphatic rings. The Labute approximate surface area is 193 Å². The van der Waals surface area contributed by atoms with Gasteiger partial charge in [-0.3, -0.25) is 9.78 Å². The van der Waals surface area contributed by atoms with Gasteiger partial charge in [0.25, 0.3) is 0 Å². The summed E-state index contributed by atoms with van der Waals surface area (Å²) in [5, 5.41) is 3.42. The van der Waals surface area contributed by atoms with Crippen molar-refractivity contribution in [3.8, 4) is 0 Å². The van der Waals surface area contributed by atoms with E-state index in [-0.39, 0.29) is 14.5 Å². The molecule has 5 nitrogen and oxygen atoms in total. The molecule has 1 fully saturated rings. The fraction of sp³-hybridized carbons (Fsp3) is 0.240. The smallest absolute Gasteiger partial charge is 0.353 e. The second kappa shape index (κ2) is 9.15. The van der Waals surface area contributed by atoms with E-state index in [0.29, 0.717) is 36.7 Å². The molecule has 33 heavy (non-hydrogen) atoms. The summed E-state index contributed by atoms with van der Waals surface area (Å²) < 4.78 is 41.3. The number of aryl methyl sites for hydroxylation is 1. The molecule has 1 atom stereocenters. The van der Waals surface area contributed by atoms with Crippen molar-refractivity contribution in [1.82, 2.24) is 15.3 Å². The number of aromatic nitrogens is 2. The molecule has 1 unspecified atom stereocenters. The highest BCUT2D eigenvalue weighted by atomic mass is 19.4. The van der Waals surface area contributed by atoms with Gasteiger partial charge in [0.15, 0.2) is 0 Å². The van der Waals surface area contributed by atoms with Crippen LogP contribution < -0.4 is 10.2 Å². The van der Waals surface area contributed by atoms with E-state index in [4.69, 9.17) is 0 Å². The van der Waals surface area contributed by atoms with E-state index in [0.717, 1.165) is 11.6 Å². The van der Waals surface area contributed by atoms with Crippen molar-refractivity contribution in [3.05, 3.63) is 94.9 Å². The maximum absolute atomic E-state index is 13.8. The second-order valence-electron chi connectivity index (χ2n) is 7.86. The number of pyridine rings is 2. The van der Waals surface area contributed by atoms with Crippen LogP contribution in [0.25, 0.3) is 6.08 Å². The molecule has 1 N–H and O–H groups in total. The lowest BCUT2D eigenvalue weighted by Crippen LogP contribution is -2.46. The Bertz CT molecular complexity index is 1190. The van der Waals surface area contributed by atoms with Crippen LogP contribution in [-0.2, 0) is 6.18 Å². The lowest BCUT2D eigenvalue weighted by molar-refractivity contribution is -0.138. The average Bonchev–Trinajstić information content (AvgIpc) is 2.83. The number of benzene rings is 1. The number of anilines is 1. The number of hydrogen-bond acceptors (Lipinski definition) is 5. The molecule has 1 saturated heterocycles. The summed E-state index contributed by atoms with van der Waals surface area (Å²) >= 11 is 0. The third-order valence-corrected chi connectivity index (χ3v) is 5.69. The van der Waals surface area contributed by atoms with E-state index in [9.17, 15) is 18.0 Å². The fourth-order valence-electron chi connectivity index (χ4n) is 3.91. The van der Waals surface area contributed by atoms with Crippen molar-refractivity contribution in [2.45, 2.75) is 19.1 Å². The number of nitrogens with zero attached hydrogens (tertiary/aromatic N) is 3. The quantitative estimate of drug-likeness (QED) is 0.527. The first-order chi connectivity index (χ1) is 15.8. The SMILES string of the molecule is C=Cc1cnc(C)c(C(=O)c2nc(N3CCNC(c4ccccc4)C3)ccc2C(F)(F)F)c1.[HH].[HH]. The minimum Gasteiger partial charge on any atom is -0.353 e. The zero-order chi connectivity index (χ0) is 23.6. The highest BCUT2D eigenvalue weighted by Crippen LogP contribution is 2.34. The Kier molecular flexibility index (Phi) is 6.29. The topological polar surface area (TPSA) is 58.1 Å². The number of carbonyl (C=O) groups excluding carboxylic acids is 1. The molecule has 1 aliphatic heterocycles. The largest absolute Gasteiger partial charge is 0.418 e. The van der Waals surface area contributed by atoms with Crippen molar-refractivity contribution in [1.29, 1.82) is 0 Å². The molecule has 0 aliphatic carbocycles. The molecule has 0 spiro atoms. The van der Waals surface area contributed by atoms with E-state index in [2.05, 4.69) is 21.9 Å². The van der Waals surface area contributed by atoms with Gasteiger partial charge in [0, 0.05) is 46.0 Å². The molecule has 1 aromatic carbocycles. The molecule has 0 saturated carbocycles. The predicted molar refractivity (Wildman–Crippen MR) is 125 cm³/mol. The van der Waals surface area contributed by atoms with E-state index in [1.165, 1.54) is 24.4 Å². The van der Waals surface area contributed by atoms with Crippen LogP contribution in [0.4, 0.5) is 19.0 Å². The molecule has 8 heteroatoms. The lowest BCUT2D eigenvalue weighted by atomic mass is 10.0. The standard InChI is InChI=1S/C25H23F3N4O.2H2/c1-3-17-13-19(16(2)30-14-17)24(33)23-20(25(26,27)28)9-10-22(31-23)32-12-11-29-21(15-32)18-7-5-4-6-8-18;;/h3-10,13-14,21,29H,1,11-12,15H2,2H3;2*1H. The molecule has 2 aromatic heterocycles. The van der Waals surface area contributed by atoms with Crippen molar-refractivity contribution in [2.24, 2.45) is 0 Å². The Morgan fingerprint density at radius 1 is 1.24 bits per heavy atom. The third-order valence-electron chi connectivity index (χ3n) is 5.69. The van der Waals surface area contributed by atoms with Crippen molar-refractivity contribution >= 4 is 17.7 Å². The number of hydrogen-bond donors (Lipinski definition) is 1. The minimum absolute atomic E-state index is 0. The first-order valence-corrected chi connectivity index (χ1v) is 10.5. The number of halogens is 3. The Balaban J connectivity index is 0.00000216. The van der Waals surface area contributed by atoms with Crippen LogP contribution in [0.15, 0.2) is 61.3 Å². The van der Waals surface area contributed by atoms with Crippen LogP contribution >= 0.6 is 0 Å². The van der Waals surface area contributed by atoms with Crippen LogP contribution in [0.3, 0.4) is 0 Å². The maximum atomic E-state index is 13.8. The Hall–Kier alpha value is -3.52. The summed E-state index contributed by atoms with van der Waals surface area (Å²) in [7, 11) is 0. The van der Waals surface area contributed by atoms with Gasteiger partial charge in [-0.2, -0.15) is 13.2 Å². The first kappa shape index (κ1) is 22.7. The van der Waals surface area contributed by atoms with Crippen molar-refractivity contribution < 1.29 is 20.8 Å². The normalized spacial score (nSPS) is 16.5. The summed E-state index contributed by atoms with van der Waals surface area (Å²) in [6.07, 6.45) is -1.72. The van der Waals surface area contributed by atoms with Crippen LogP contribution in [-0.4, -0.2) is 35.4 Å². The van der Waals surface area contributed by atoms with E-state index < -0.39 is 23.2 Å². The monoisotopic (exact) mass is 456 g/mol. The molecule has 3 aromatic rings. The van der Waals surface area contributed by atoms with Gasteiger partial charge in [-0.05, 0) is 36.2 Å². The number of ketones is 1. The fourth-order valence-corrected chi connectivity index (χ4v) is 3.91. The van der Waals surface area contributed by atoms with Gasteiger partial charge < -0.3 is 10.2 Å². The molecular weight excluding hydrogens is 429 g/mol. The molecule has 0 amide bonds. The second-order valence-corrected chi connectivity index (χ2v) is 7.86. The highest BCUT2D eigenvalue weighted by molar-refractivity contribution is 6.09. The molecule has 3 heterocycles. The minimum atomic E-state index is -4.72. The molecular formula is C25H27F3N4O. The van der Waals surface area contributed by atoms with E-state index >= 15 is 0 Å². The van der Waals surface area contributed by atoms with Gasteiger partial charge in [-0.25, -0.2) is 4.98 Å². The van der Waals surface area contributed by atoms with Crippen LogP contribution in [0, 0.1) is 6.92 Å². The van der Waals surface area contributed by atoms with E-state index in [1.807, 2.05) is 35.2 Å². The average molecular weight is 457 g/mol. The third kappa shape index (κ3) is 4.80. The van der Waals surface area contributed by atoms with E-state index in [1.54, 1.807) is 6.92 Å². The van der Waals surface area contributed by atoms with Gasteiger partial charge in [0.1, 0.15) is 11.5 Å². The molecule has 0 radical (unpaired) electrons. The van der Waals surface area contributed by atoms with Crippen LogP contribution in [0.2, 0.25) is 0 Å². The highest BCUT2D eigenvalue weighted by Gasteiger charge is 2.37. The van der Waals surface area contributed by atoms with Crippen LogP contribution in [0.1, 0.15) is 47.3 Å². The number of rotatable bonds is 5. The Morgan fingerprint density at radius 3 is 2.70 bits per heavy atom. The van der Waals surface area contributed by atoms with Crippen LogP contribution in [0.5, 0.6) is 0 Å². The Morgan fingerprint density at radius 2 is 2.00 bits per heavy atom. The van der Waals surface area contributed by atoms with Gasteiger partial charge >= 0.3 is 6.18 Å². The summed E-state index contributed by atoms with van der Waals surface area (Å²) in [4.78, 5) is 23.5. The van der Waals surface area contributed by atoms with Crippen molar-refractivity contribution in [3.63, 3.8) is 0 Å². The summed E-state index contributed by atoms with van der Waals surface area (Å²) in [5.74, 6) is -0.480. The number of alkyl halides is 3.